The quantitative estimate of drug-likeness (QED) is 0.574. The number of aryl methyl sites for hydroxylation is 1. The fraction of sp³-hybridized carbons (Fsp3) is 0.700. The summed E-state index contributed by atoms with van der Waals surface area (Å²) in [5.74, 6) is 0. The van der Waals surface area contributed by atoms with Crippen molar-refractivity contribution in [2.75, 3.05) is 6.54 Å². The summed E-state index contributed by atoms with van der Waals surface area (Å²) in [5.41, 5.74) is 1.07. The molecule has 4 heteroatoms. The van der Waals surface area contributed by atoms with Gasteiger partial charge in [0.25, 0.3) is 0 Å². The van der Waals surface area contributed by atoms with Crippen molar-refractivity contribution in [3.63, 3.8) is 0 Å². The Bertz CT molecular complexity index is 575. The molecule has 3 nitrogen and oxygen atoms in total. The van der Waals surface area contributed by atoms with E-state index in [1.54, 1.807) is 0 Å². The highest BCUT2D eigenvalue weighted by molar-refractivity contribution is 7.91. The Balaban J connectivity index is 2.64. The molecule has 0 bridgehead atoms. The van der Waals surface area contributed by atoms with Gasteiger partial charge >= 0.3 is 0 Å². The minimum absolute atomic E-state index is 0.244. The van der Waals surface area contributed by atoms with Crippen molar-refractivity contribution in [1.82, 2.24) is 4.72 Å². The zero-order valence-electron chi connectivity index (χ0n) is 16.1. The molecule has 0 atom stereocenters. The van der Waals surface area contributed by atoms with Gasteiger partial charge in [0.15, 0.2) is 0 Å². The summed E-state index contributed by atoms with van der Waals surface area (Å²) in [7, 11) is -3.35. The molecule has 1 N–H and O–H groups in total. The van der Waals surface area contributed by atoms with Gasteiger partial charge < -0.3 is 0 Å². The average molecular weight is 354 g/mol. The molecule has 0 aromatic heterocycles. The number of unbranched alkanes of at least 4 members (excludes halogenated alkanes) is 1. The Morgan fingerprint density at radius 3 is 2.00 bits per heavy atom. The fourth-order valence-electron chi connectivity index (χ4n) is 3.72. The molecule has 24 heavy (non-hydrogen) atoms. The molecule has 0 saturated carbocycles. The van der Waals surface area contributed by atoms with Crippen LogP contribution in [0.4, 0.5) is 0 Å². The standard InChI is InChI=1S/C20H35NO2S/c1-6-19(4,5)20(7-2,8-3)24(22,23)21-17-13-12-16-18-14-10-9-11-15-18/h9-11,14-15,21H,6-8,12-13,16-17H2,1-5H3. The zero-order chi connectivity index (χ0) is 18.3. The van der Waals surface area contributed by atoms with Gasteiger partial charge in [-0.3, -0.25) is 0 Å². The first-order valence-corrected chi connectivity index (χ1v) is 10.8. The first kappa shape index (κ1) is 21.2. The molecular weight excluding hydrogens is 318 g/mol. The van der Waals surface area contributed by atoms with E-state index in [9.17, 15) is 8.42 Å². The zero-order valence-corrected chi connectivity index (χ0v) is 16.9. The van der Waals surface area contributed by atoms with Gasteiger partial charge in [-0.25, -0.2) is 13.1 Å². The summed E-state index contributed by atoms with van der Waals surface area (Å²) in [4.78, 5) is 0. The second-order valence-corrected chi connectivity index (χ2v) is 9.36. The first-order valence-electron chi connectivity index (χ1n) is 9.29. The number of hydrogen-bond donors (Lipinski definition) is 1. The van der Waals surface area contributed by atoms with Crippen LogP contribution < -0.4 is 4.72 Å². The Morgan fingerprint density at radius 2 is 1.50 bits per heavy atom. The van der Waals surface area contributed by atoms with Gasteiger partial charge in [-0.1, -0.05) is 65.0 Å². The van der Waals surface area contributed by atoms with Gasteiger partial charge in [-0.05, 0) is 49.5 Å². The minimum Gasteiger partial charge on any atom is -0.215 e. The Labute approximate surface area is 149 Å². The molecule has 0 fully saturated rings. The van der Waals surface area contributed by atoms with E-state index >= 15 is 0 Å². The van der Waals surface area contributed by atoms with Crippen LogP contribution >= 0.6 is 0 Å². The number of nitrogens with one attached hydrogen (secondary N) is 1. The lowest BCUT2D eigenvalue weighted by Gasteiger charge is -2.44. The van der Waals surface area contributed by atoms with Gasteiger partial charge in [0.2, 0.25) is 10.0 Å². The molecule has 1 aromatic rings. The SMILES string of the molecule is CCC(C)(C)C(CC)(CC)S(=O)(=O)NCCCCc1ccccc1. The van der Waals surface area contributed by atoms with Crippen LogP contribution in [0.1, 0.15) is 72.3 Å². The summed E-state index contributed by atoms with van der Waals surface area (Å²) in [5, 5.41) is 0. The van der Waals surface area contributed by atoms with Crippen LogP contribution in [-0.4, -0.2) is 19.7 Å². The smallest absolute Gasteiger partial charge is 0.215 e. The highest BCUT2D eigenvalue weighted by Gasteiger charge is 2.51. The summed E-state index contributed by atoms with van der Waals surface area (Å²) >= 11 is 0. The van der Waals surface area contributed by atoms with Crippen LogP contribution in [0.25, 0.3) is 0 Å². The topological polar surface area (TPSA) is 46.2 Å². The van der Waals surface area contributed by atoms with Crippen molar-refractivity contribution >= 4 is 10.0 Å². The van der Waals surface area contributed by atoms with E-state index in [2.05, 4.69) is 37.6 Å². The third-order valence-corrected chi connectivity index (χ3v) is 8.54. The summed E-state index contributed by atoms with van der Waals surface area (Å²) < 4.78 is 28.3. The van der Waals surface area contributed by atoms with Crippen molar-refractivity contribution in [3.8, 4) is 0 Å². The fourth-order valence-corrected chi connectivity index (χ4v) is 6.04. The van der Waals surface area contributed by atoms with Crippen LogP contribution in [-0.2, 0) is 16.4 Å². The molecule has 0 aliphatic carbocycles. The highest BCUT2D eigenvalue weighted by Crippen LogP contribution is 2.44. The van der Waals surface area contributed by atoms with Crippen molar-refractivity contribution in [2.45, 2.75) is 77.9 Å². The largest absolute Gasteiger partial charge is 0.217 e. The van der Waals surface area contributed by atoms with E-state index in [4.69, 9.17) is 0 Å². The predicted octanol–water partition coefficient (Wildman–Crippen LogP) is 4.92. The van der Waals surface area contributed by atoms with Crippen LogP contribution in [0.3, 0.4) is 0 Å². The second-order valence-electron chi connectivity index (χ2n) is 7.28. The van der Waals surface area contributed by atoms with Crippen LogP contribution in [0.2, 0.25) is 0 Å². The lowest BCUT2D eigenvalue weighted by atomic mass is 9.73. The lowest BCUT2D eigenvalue weighted by molar-refractivity contribution is 0.212. The van der Waals surface area contributed by atoms with Crippen molar-refractivity contribution in [2.24, 2.45) is 5.41 Å². The first-order chi connectivity index (χ1) is 11.3. The molecule has 0 spiro atoms. The highest BCUT2D eigenvalue weighted by atomic mass is 32.2. The van der Waals surface area contributed by atoms with Gasteiger partial charge in [0.1, 0.15) is 0 Å². The number of hydrogen-bond acceptors (Lipinski definition) is 2. The maximum absolute atomic E-state index is 13.0. The molecular formula is C20H35NO2S. The average Bonchev–Trinajstić information content (AvgIpc) is 2.56. The van der Waals surface area contributed by atoms with Crippen LogP contribution in [0.15, 0.2) is 30.3 Å². The van der Waals surface area contributed by atoms with Gasteiger partial charge in [-0.15, -0.1) is 0 Å². The monoisotopic (exact) mass is 353 g/mol. The third-order valence-electron chi connectivity index (χ3n) is 5.80. The van der Waals surface area contributed by atoms with E-state index < -0.39 is 14.8 Å². The summed E-state index contributed by atoms with van der Waals surface area (Å²) in [6.45, 7) is 10.8. The molecule has 0 aliphatic heterocycles. The van der Waals surface area contributed by atoms with E-state index in [0.29, 0.717) is 19.4 Å². The summed E-state index contributed by atoms with van der Waals surface area (Å²) in [6, 6.07) is 10.3. The maximum atomic E-state index is 13.0. The third kappa shape index (κ3) is 4.60. The van der Waals surface area contributed by atoms with Crippen molar-refractivity contribution < 1.29 is 8.42 Å². The molecule has 0 saturated heterocycles. The molecule has 1 rings (SSSR count). The number of benzene rings is 1. The molecule has 0 aliphatic rings. The molecule has 138 valence electrons. The second kappa shape index (κ2) is 9.00. The van der Waals surface area contributed by atoms with Crippen molar-refractivity contribution in [1.29, 1.82) is 0 Å². The molecule has 1 aromatic carbocycles. The van der Waals surface area contributed by atoms with E-state index in [1.165, 1.54) is 5.56 Å². The Kier molecular flexibility index (Phi) is 7.94. The predicted molar refractivity (Wildman–Crippen MR) is 104 cm³/mol. The van der Waals surface area contributed by atoms with Crippen LogP contribution in [0, 0.1) is 5.41 Å². The number of rotatable bonds is 11. The molecule has 0 unspecified atom stereocenters. The van der Waals surface area contributed by atoms with Crippen molar-refractivity contribution in [3.05, 3.63) is 35.9 Å². The molecule has 0 radical (unpaired) electrons. The summed E-state index contributed by atoms with van der Waals surface area (Å²) in [6.07, 6.45) is 4.99. The van der Waals surface area contributed by atoms with Crippen LogP contribution in [0.5, 0.6) is 0 Å². The lowest BCUT2D eigenvalue weighted by Crippen LogP contribution is -2.55. The van der Waals surface area contributed by atoms with Gasteiger partial charge in [-0.2, -0.15) is 0 Å². The van der Waals surface area contributed by atoms with E-state index in [-0.39, 0.29) is 5.41 Å². The minimum atomic E-state index is -3.35. The van der Waals surface area contributed by atoms with Gasteiger partial charge in [0.05, 0.1) is 4.75 Å². The molecule has 0 heterocycles. The Hall–Kier alpha value is -0.870. The van der Waals surface area contributed by atoms with E-state index in [1.807, 2.05) is 32.0 Å². The number of sulfonamides is 1. The van der Waals surface area contributed by atoms with E-state index in [0.717, 1.165) is 25.7 Å². The maximum Gasteiger partial charge on any atom is 0.217 e. The normalized spacial score (nSPS) is 13.2. The Morgan fingerprint density at radius 1 is 0.917 bits per heavy atom. The molecule has 0 amide bonds. The van der Waals surface area contributed by atoms with Gasteiger partial charge in [0, 0.05) is 6.54 Å².